The summed E-state index contributed by atoms with van der Waals surface area (Å²) in [7, 11) is 0.318. The molecule has 3 aromatic carbocycles. The van der Waals surface area contributed by atoms with Crippen LogP contribution in [0.15, 0.2) is 126 Å². The van der Waals surface area contributed by atoms with Crippen molar-refractivity contribution in [2.75, 3.05) is 0 Å². The Morgan fingerprint density at radius 1 is 0.647 bits per heavy atom. The van der Waals surface area contributed by atoms with Crippen molar-refractivity contribution < 1.29 is 46.5 Å². The number of rotatable bonds is 1. The van der Waals surface area contributed by atoms with Gasteiger partial charge in [-0.3, -0.25) is 14.3 Å². The molecule has 5 heteroatoms. The molecule has 0 amide bonds. The molecular formula is C29H30Cl2PSiTi-5. The first-order valence-corrected chi connectivity index (χ1v) is 14.3. The van der Waals surface area contributed by atoms with Gasteiger partial charge in [0.1, 0.15) is 0 Å². The first kappa shape index (κ1) is 37.0. The van der Waals surface area contributed by atoms with E-state index in [-0.39, 0.29) is 46.5 Å². The van der Waals surface area contributed by atoms with Crippen LogP contribution in [0.2, 0.25) is 13.1 Å². The normalized spacial score (nSPS) is 9.79. The van der Waals surface area contributed by atoms with Crippen molar-refractivity contribution in [2.45, 2.75) is 19.5 Å². The van der Waals surface area contributed by atoms with Crippen molar-refractivity contribution in [1.29, 1.82) is 0 Å². The van der Waals surface area contributed by atoms with E-state index in [1.165, 1.54) is 5.20 Å². The molecule has 1 aliphatic carbocycles. The van der Waals surface area contributed by atoms with Gasteiger partial charge in [0.25, 0.3) is 0 Å². The zero-order valence-corrected chi connectivity index (χ0v) is 24.8. The maximum Gasteiger partial charge on any atom is 2.00 e. The van der Waals surface area contributed by atoms with Crippen LogP contribution in [-0.4, -0.2) is 8.80 Å². The van der Waals surface area contributed by atoms with Crippen LogP contribution < -0.4 is 24.8 Å². The molecule has 34 heavy (non-hydrogen) atoms. The predicted molar refractivity (Wildman–Crippen MR) is 140 cm³/mol. The van der Waals surface area contributed by atoms with Gasteiger partial charge in [-0.15, -0.1) is 6.42 Å². The molecule has 1 atom stereocenters. The predicted octanol–water partition coefficient (Wildman–Crippen LogP) is 1.69. The van der Waals surface area contributed by atoms with Crippen molar-refractivity contribution in [3.8, 4) is 0 Å². The monoisotopic (exact) mass is 555 g/mol. The van der Waals surface area contributed by atoms with Crippen molar-refractivity contribution in [1.82, 2.24) is 0 Å². The molecule has 0 saturated heterocycles. The SMILES string of the molecule is C[SiH](C)C1=[C-]CC=C1.[Cl-].[Cl-].[Ti+2].[c-]1ccc[pH]1.[c-]1ccccc1.[c-]1ccccc1.[c-]1ccccc1. The number of halogens is 2. The average Bonchev–Trinajstić information content (AvgIpc) is 3.61. The molecule has 0 aliphatic heterocycles. The maximum atomic E-state index is 3.32. The number of hydrogen-bond donors (Lipinski definition) is 0. The molecule has 0 N–H and O–H groups in total. The molecule has 1 aromatic heterocycles. The minimum Gasteiger partial charge on any atom is -1.00 e. The minimum atomic E-state index is -0.504. The molecule has 0 fully saturated rings. The van der Waals surface area contributed by atoms with Gasteiger partial charge in [0.2, 0.25) is 0 Å². The van der Waals surface area contributed by atoms with Gasteiger partial charge in [-0.2, -0.15) is 133 Å². The molecule has 0 nitrogen and oxygen atoms in total. The van der Waals surface area contributed by atoms with E-state index in [2.05, 4.69) is 61.1 Å². The Balaban J connectivity index is -0.000000348. The fraction of sp³-hybridized carbons (Fsp3) is 0.103. The first-order chi connectivity index (χ1) is 15.3. The number of benzene rings is 3. The zero-order valence-electron chi connectivity index (χ0n) is 19.6. The van der Waals surface area contributed by atoms with E-state index in [1.54, 1.807) is 0 Å². The number of hydrogen-bond acceptors (Lipinski definition) is 0. The summed E-state index contributed by atoms with van der Waals surface area (Å²) < 4.78 is 0. The topological polar surface area (TPSA) is 0 Å². The molecule has 0 bridgehead atoms. The summed E-state index contributed by atoms with van der Waals surface area (Å²) in [6.45, 7) is 4.66. The molecular weight excluding hydrogens is 526 g/mol. The van der Waals surface area contributed by atoms with Gasteiger partial charge in [-0.1, -0.05) is 13.1 Å². The fourth-order valence-corrected chi connectivity index (χ4v) is 3.61. The Kier molecular flexibility index (Phi) is 32.1. The van der Waals surface area contributed by atoms with Crippen LogP contribution in [0.1, 0.15) is 6.42 Å². The molecule has 1 heterocycles. The molecule has 1 unspecified atom stereocenters. The largest absolute Gasteiger partial charge is 2.00 e. The van der Waals surface area contributed by atoms with Crippen molar-refractivity contribution in [3.05, 3.63) is 156 Å². The third-order valence-corrected chi connectivity index (χ3v) is 5.94. The quantitative estimate of drug-likeness (QED) is 0.248. The van der Waals surface area contributed by atoms with Crippen LogP contribution in [0.4, 0.5) is 0 Å². The van der Waals surface area contributed by atoms with Gasteiger partial charge < -0.3 is 24.8 Å². The fourth-order valence-electron chi connectivity index (χ4n) is 2.08. The Morgan fingerprint density at radius 2 is 1.09 bits per heavy atom. The number of allylic oxidation sites excluding steroid dienone is 4. The first-order valence-electron chi connectivity index (χ1n) is 10.3. The summed E-state index contributed by atoms with van der Waals surface area (Å²) >= 11 is 0. The summed E-state index contributed by atoms with van der Waals surface area (Å²) in [5, 5.41) is 1.50. The van der Waals surface area contributed by atoms with Gasteiger partial charge in [-0.25, -0.2) is 17.3 Å². The van der Waals surface area contributed by atoms with Crippen molar-refractivity contribution in [2.24, 2.45) is 0 Å². The van der Waals surface area contributed by atoms with E-state index in [4.69, 9.17) is 0 Å². The van der Waals surface area contributed by atoms with Gasteiger partial charge >= 0.3 is 21.7 Å². The summed E-state index contributed by atoms with van der Waals surface area (Å²) in [5.74, 6) is 5.11. The molecule has 1 aliphatic rings. The van der Waals surface area contributed by atoms with E-state index < -0.39 is 8.80 Å². The van der Waals surface area contributed by atoms with Gasteiger partial charge in [0.05, 0.1) is 0 Å². The summed E-state index contributed by atoms with van der Waals surface area (Å²) in [6.07, 6.45) is 8.78. The van der Waals surface area contributed by atoms with Crippen LogP contribution in [0, 0.1) is 30.1 Å². The molecule has 0 saturated carbocycles. The Bertz CT molecular complexity index is 713. The van der Waals surface area contributed by atoms with Crippen molar-refractivity contribution in [3.63, 3.8) is 0 Å². The Morgan fingerprint density at radius 3 is 1.21 bits per heavy atom. The van der Waals surface area contributed by atoms with Gasteiger partial charge in [0.15, 0.2) is 0 Å². The standard InChI is InChI=1S/C7H11Si.3C6H5.C4H4P.2ClH.Ti/c1-8(2)7-5-3-4-6-7;3*1-2-4-6-5-3-1;1-2-4-5-3-1;;;/h3,5,8H,4H2,1-2H3;3*1-5H;1-3,5H;2*1H;/q5*-1;;;+2/p-2. The molecule has 4 aromatic rings. The third kappa shape index (κ3) is 25.1. The van der Waals surface area contributed by atoms with E-state index in [9.17, 15) is 0 Å². The Labute approximate surface area is 238 Å². The van der Waals surface area contributed by atoms with Crippen LogP contribution in [0.25, 0.3) is 0 Å². The van der Waals surface area contributed by atoms with Crippen molar-refractivity contribution >= 4 is 17.0 Å². The molecule has 0 radical (unpaired) electrons. The van der Waals surface area contributed by atoms with E-state index in [1.807, 2.05) is 103 Å². The summed E-state index contributed by atoms with van der Waals surface area (Å²) in [4.78, 5) is 0. The molecule has 5 rings (SSSR count). The zero-order chi connectivity index (χ0) is 22.2. The molecule has 0 spiro atoms. The summed E-state index contributed by atoms with van der Waals surface area (Å²) in [6, 6.07) is 41.5. The second kappa shape index (κ2) is 29.5. The molecule has 178 valence electrons. The van der Waals surface area contributed by atoms with Crippen LogP contribution in [0.3, 0.4) is 0 Å². The minimum absolute atomic E-state index is 0. The average molecular weight is 556 g/mol. The third-order valence-electron chi connectivity index (χ3n) is 3.61. The van der Waals surface area contributed by atoms with Gasteiger partial charge in [-0.05, 0) is 0 Å². The van der Waals surface area contributed by atoms with Crippen LogP contribution in [-0.2, 0) is 21.7 Å². The van der Waals surface area contributed by atoms with E-state index >= 15 is 0 Å². The second-order valence-corrected chi connectivity index (χ2v) is 10.3. The smallest absolute Gasteiger partial charge is 1.00 e. The Hall–Kier alpha value is -1.57. The van der Waals surface area contributed by atoms with Crippen LogP contribution >= 0.6 is 8.19 Å². The summed E-state index contributed by atoms with van der Waals surface area (Å²) in [5.41, 5.74) is 0. The van der Waals surface area contributed by atoms with Crippen LogP contribution in [0.5, 0.6) is 0 Å². The van der Waals surface area contributed by atoms with E-state index in [0.29, 0.717) is 0 Å². The van der Waals surface area contributed by atoms with Gasteiger partial charge in [0, 0.05) is 8.80 Å². The van der Waals surface area contributed by atoms with E-state index in [0.717, 1.165) is 14.6 Å². The maximum absolute atomic E-state index is 3.32. The second-order valence-electron chi connectivity index (χ2n) is 6.44.